The topological polar surface area (TPSA) is 96.1 Å². The average Bonchev–Trinajstić information content (AvgIpc) is 3.33. The van der Waals surface area contributed by atoms with Crippen molar-refractivity contribution in [1.82, 2.24) is 29.5 Å². The van der Waals surface area contributed by atoms with Gasteiger partial charge in [0.15, 0.2) is 11.1 Å². The highest BCUT2D eigenvalue weighted by Gasteiger charge is 2.14. The van der Waals surface area contributed by atoms with Crippen molar-refractivity contribution < 1.29 is 0 Å². The highest BCUT2D eigenvalue weighted by Crippen LogP contribution is 2.27. The van der Waals surface area contributed by atoms with Crippen molar-refractivity contribution in [3.8, 4) is 11.4 Å². The molecule has 0 saturated carbocycles. The minimum Gasteiger partial charge on any atom is -0.334 e. The molecule has 0 unspecified atom stereocenters. The number of aromatic amines is 1. The number of fused-ring (bicyclic) bond motifs is 2. The van der Waals surface area contributed by atoms with E-state index in [0.717, 1.165) is 21.3 Å². The van der Waals surface area contributed by atoms with Crippen LogP contribution in [0.4, 0.5) is 0 Å². The largest absolute Gasteiger partial charge is 0.334 e. The molecule has 0 atom stereocenters. The Bertz CT molecular complexity index is 1380. The summed E-state index contributed by atoms with van der Waals surface area (Å²) in [6.07, 6.45) is 4.66. The van der Waals surface area contributed by atoms with Crippen LogP contribution < -0.4 is 5.49 Å². The van der Waals surface area contributed by atoms with Crippen molar-refractivity contribution in [2.75, 3.05) is 0 Å². The van der Waals surface area contributed by atoms with Crippen LogP contribution in [0.1, 0.15) is 5.56 Å². The highest BCUT2D eigenvalue weighted by atomic mass is 35.5. The third-order valence-corrected chi connectivity index (χ3v) is 5.85. The number of hydrogen-bond acceptors (Lipinski definition) is 6. The van der Waals surface area contributed by atoms with Gasteiger partial charge in [-0.05, 0) is 18.2 Å². The van der Waals surface area contributed by atoms with Gasteiger partial charge in [0.05, 0.1) is 38.6 Å². The summed E-state index contributed by atoms with van der Waals surface area (Å²) in [6.45, 7) is 0.363. The minimum atomic E-state index is 0.121. The fourth-order valence-corrected chi connectivity index (χ4v) is 4.20. The number of aromatic nitrogens is 6. The molecule has 7 nitrogen and oxygen atoms in total. The molecule has 4 heterocycles. The van der Waals surface area contributed by atoms with Crippen LogP contribution in [0.5, 0.6) is 0 Å². The van der Waals surface area contributed by atoms with E-state index in [-0.39, 0.29) is 5.49 Å². The number of nitrogens with one attached hydrogen (secondary N) is 2. The maximum absolute atomic E-state index is 8.14. The Balaban J connectivity index is 1.65. The van der Waals surface area contributed by atoms with Gasteiger partial charge in [-0.25, -0.2) is 15.0 Å². The van der Waals surface area contributed by atoms with Gasteiger partial charge in [0.1, 0.15) is 11.3 Å². The molecule has 0 radical (unpaired) electrons. The lowest BCUT2D eigenvalue weighted by Crippen LogP contribution is -2.13. The monoisotopic (exact) mass is 427 g/mol. The molecule has 1 aromatic carbocycles. The van der Waals surface area contributed by atoms with Crippen LogP contribution in [-0.2, 0) is 6.54 Å². The van der Waals surface area contributed by atoms with Gasteiger partial charge >= 0.3 is 0 Å². The van der Waals surface area contributed by atoms with Crippen LogP contribution in [0.3, 0.4) is 0 Å². The van der Waals surface area contributed by atoms with E-state index >= 15 is 0 Å². The first-order valence-electron chi connectivity index (χ1n) is 8.21. The zero-order valence-electron chi connectivity index (χ0n) is 14.1. The van der Waals surface area contributed by atoms with Gasteiger partial charge in [-0.2, -0.15) is 0 Å². The molecule has 0 aliphatic carbocycles. The smallest absolute Gasteiger partial charge is 0.173 e. The number of pyridine rings is 1. The van der Waals surface area contributed by atoms with E-state index in [1.54, 1.807) is 30.1 Å². The van der Waals surface area contributed by atoms with E-state index in [2.05, 4.69) is 19.9 Å². The Kier molecular flexibility index (Phi) is 4.12. The number of halogens is 2. The number of imidazole rings is 1. The third-order valence-electron chi connectivity index (χ3n) is 4.41. The van der Waals surface area contributed by atoms with Gasteiger partial charge in [-0.15, -0.1) is 11.3 Å². The molecule has 5 rings (SSSR count). The summed E-state index contributed by atoms with van der Waals surface area (Å²) in [5.74, 6) is 0.660. The maximum Gasteiger partial charge on any atom is 0.173 e. The van der Waals surface area contributed by atoms with Crippen molar-refractivity contribution >= 4 is 55.9 Å². The highest BCUT2D eigenvalue weighted by molar-refractivity contribution is 7.16. The van der Waals surface area contributed by atoms with Crippen molar-refractivity contribution in [3.63, 3.8) is 0 Å². The molecule has 2 N–H and O–H groups in total. The number of H-pyrrole nitrogens is 1. The quantitative estimate of drug-likeness (QED) is 0.449. The first-order valence-corrected chi connectivity index (χ1v) is 9.85. The zero-order chi connectivity index (χ0) is 19.3. The molecule has 0 fully saturated rings. The van der Waals surface area contributed by atoms with Gasteiger partial charge in [-0.3, -0.25) is 10.4 Å². The summed E-state index contributed by atoms with van der Waals surface area (Å²) in [4.78, 5) is 20.4. The maximum atomic E-state index is 8.14. The second kappa shape index (κ2) is 6.66. The molecular formula is C18H11Cl2N7S. The normalized spacial score (nSPS) is 11.5. The molecule has 0 saturated heterocycles. The van der Waals surface area contributed by atoms with Crippen LogP contribution in [-0.4, -0.2) is 29.5 Å². The number of benzene rings is 1. The summed E-state index contributed by atoms with van der Waals surface area (Å²) in [6, 6.07) is 5.94. The fraction of sp³-hybridized carbons (Fsp3) is 0.0556. The predicted molar refractivity (Wildman–Crippen MR) is 110 cm³/mol. The number of thiazole rings is 1. The van der Waals surface area contributed by atoms with E-state index in [0.29, 0.717) is 33.6 Å². The second-order valence-electron chi connectivity index (χ2n) is 6.12. The Hall–Kier alpha value is -2.81. The lowest BCUT2D eigenvalue weighted by molar-refractivity contribution is 0.783. The van der Waals surface area contributed by atoms with Crippen LogP contribution in [0.25, 0.3) is 32.8 Å². The molecule has 0 aliphatic heterocycles. The Morgan fingerprint density at radius 3 is 2.79 bits per heavy atom. The van der Waals surface area contributed by atoms with Gasteiger partial charge in [0.2, 0.25) is 0 Å². The molecule has 28 heavy (non-hydrogen) atoms. The van der Waals surface area contributed by atoms with Crippen LogP contribution >= 0.6 is 34.5 Å². The molecule has 10 heteroatoms. The summed E-state index contributed by atoms with van der Waals surface area (Å²) in [7, 11) is 0. The zero-order valence-corrected chi connectivity index (χ0v) is 16.5. The Morgan fingerprint density at radius 2 is 1.96 bits per heavy atom. The molecule has 5 aromatic rings. The first kappa shape index (κ1) is 17.3. The molecule has 0 amide bonds. The van der Waals surface area contributed by atoms with Crippen LogP contribution in [0, 0.1) is 5.41 Å². The predicted octanol–water partition coefficient (Wildman–Crippen LogP) is 4.27. The van der Waals surface area contributed by atoms with Gasteiger partial charge < -0.3 is 9.55 Å². The van der Waals surface area contributed by atoms with Gasteiger partial charge in [0.25, 0.3) is 0 Å². The third kappa shape index (κ3) is 2.86. The first-order chi connectivity index (χ1) is 13.6. The molecule has 4 aromatic heterocycles. The summed E-state index contributed by atoms with van der Waals surface area (Å²) in [5.41, 5.74) is 5.67. The number of rotatable bonds is 3. The lowest BCUT2D eigenvalue weighted by atomic mass is 10.2. The average molecular weight is 428 g/mol. The number of nitrogens with zero attached hydrogens (tertiary/aromatic N) is 5. The van der Waals surface area contributed by atoms with E-state index in [9.17, 15) is 0 Å². The molecule has 0 spiro atoms. The van der Waals surface area contributed by atoms with E-state index < -0.39 is 0 Å². The lowest BCUT2D eigenvalue weighted by Gasteiger charge is -2.09. The molecule has 0 bridgehead atoms. The standard InChI is InChI=1S/C18H11Cl2N7S/c19-11-4-22-5-12(20)10(11)6-27-7-23-16(21)15-18(27)26-17(25-15)9-1-2-13-14(3-9)28-8-24-13/h1-5,7-8,21H,6H2,(H,25,26). The van der Waals surface area contributed by atoms with Gasteiger partial charge in [0, 0.05) is 23.5 Å². The second-order valence-corrected chi connectivity index (χ2v) is 7.82. The van der Waals surface area contributed by atoms with E-state index in [1.165, 1.54) is 0 Å². The van der Waals surface area contributed by atoms with Crippen molar-refractivity contribution in [3.05, 3.63) is 63.5 Å². The number of hydrogen-bond donors (Lipinski definition) is 2. The summed E-state index contributed by atoms with van der Waals surface area (Å²) >= 11 is 14.1. The minimum absolute atomic E-state index is 0.121. The van der Waals surface area contributed by atoms with Crippen LogP contribution in [0.2, 0.25) is 10.0 Å². The van der Waals surface area contributed by atoms with Crippen LogP contribution in [0.15, 0.2) is 42.4 Å². The summed E-state index contributed by atoms with van der Waals surface area (Å²) in [5, 5.41) is 9.08. The molecule has 138 valence electrons. The van der Waals surface area contributed by atoms with E-state index in [1.807, 2.05) is 28.3 Å². The van der Waals surface area contributed by atoms with Crippen molar-refractivity contribution in [2.45, 2.75) is 6.54 Å². The Morgan fingerprint density at radius 1 is 1.14 bits per heavy atom. The van der Waals surface area contributed by atoms with Crippen molar-refractivity contribution in [1.29, 1.82) is 5.41 Å². The van der Waals surface area contributed by atoms with E-state index in [4.69, 9.17) is 33.6 Å². The molecular weight excluding hydrogens is 417 g/mol. The summed E-state index contributed by atoms with van der Waals surface area (Å²) < 4.78 is 2.89. The molecule has 0 aliphatic rings. The van der Waals surface area contributed by atoms with Gasteiger partial charge in [-0.1, -0.05) is 23.2 Å². The SMILES string of the molecule is N=c1ncn(Cc2c(Cl)cncc2Cl)c2nc(-c3ccc4ncsc4c3)[nH]c12. The Labute approximate surface area is 172 Å². The fourth-order valence-electron chi connectivity index (χ4n) is 3.00. The van der Waals surface area contributed by atoms with Crippen molar-refractivity contribution in [2.24, 2.45) is 0 Å².